The van der Waals surface area contributed by atoms with Crippen molar-refractivity contribution in [3.05, 3.63) is 18.2 Å². The number of benzene rings is 1. The fourth-order valence-corrected chi connectivity index (χ4v) is 4.55. The predicted octanol–water partition coefficient (Wildman–Crippen LogP) is 2.81. The highest BCUT2D eigenvalue weighted by Crippen LogP contribution is 2.32. The van der Waals surface area contributed by atoms with Crippen molar-refractivity contribution in [2.45, 2.75) is 44.0 Å². The number of nitrogens with one attached hydrogen (secondary N) is 1. The molecule has 0 spiro atoms. The van der Waals surface area contributed by atoms with Gasteiger partial charge in [0, 0.05) is 12.1 Å². The summed E-state index contributed by atoms with van der Waals surface area (Å²) in [6.07, 6.45) is 3.08. The Hall–Kier alpha value is -1.27. The lowest BCUT2D eigenvalue weighted by Gasteiger charge is -2.34. The van der Waals surface area contributed by atoms with Crippen LogP contribution in [0.15, 0.2) is 23.1 Å². The zero-order valence-electron chi connectivity index (χ0n) is 13.6. The van der Waals surface area contributed by atoms with Crippen LogP contribution >= 0.6 is 0 Å². The van der Waals surface area contributed by atoms with Crippen molar-refractivity contribution in [1.29, 1.82) is 0 Å². The van der Waals surface area contributed by atoms with Crippen molar-refractivity contribution in [3.63, 3.8) is 0 Å². The molecule has 6 heteroatoms. The lowest BCUT2D eigenvalue weighted by atomic mass is 9.78. The average Bonchev–Trinajstić information content (AvgIpc) is 2.51. The van der Waals surface area contributed by atoms with E-state index < -0.39 is 10.0 Å². The third-order valence-electron chi connectivity index (χ3n) is 4.67. The van der Waals surface area contributed by atoms with Gasteiger partial charge in [-0.2, -0.15) is 0 Å². The minimum absolute atomic E-state index is 0.0374. The van der Waals surface area contributed by atoms with Crippen molar-refractivity contribution in [2.75, 3.05) is 14.2 Å². The number of hydrogen-bond donors (Lipinski definition) is 1. The normalized spacial score (nSPS) is 25.7. The van der Waals surface area contributed by atoms with E-state index >= 15 is 0 Å². The molecule has 0 saturated heterocycles. The first-order valence-corrected chi connectivity index (χ1v) is 9.11. The predicted molar refractivity (Wildman–Crippen MR) is 85.8 cm³/mol. The van der Waals surface area contributed by atoms with E-state index in [0.29, 0.717) is 23.3 Å². The summed E-state index contributed by atoms with van der Waals surface area (Å²) in [5.74, 6) is 1.66. The molecule has 0 aliphatic heterocycles. The minimum atomic E-state index is -3.65. The molecule has 0 aromatic heterocycles. The van der Waals surface area contributed by atoms with Crippen LogP contribution < -0.4 is 14.2 Å². The number of ether oxygens (including phenoxy) is 2. The maximum absolute atomic E-state index is 12.8. The Kier molecular flexibility index (Phi) is 5.34. The molecule has 1 aromatic carbocycles. The molecule has 0 amide bonds. The fraction of sp³-hybridized carbons (Fsp3) is 0.625. The molecule has 5 nitrogen and oxygen atoms in total. The molecular formula is C16H25NO4S. The Balaban J connectivity index is 2.30. The molecule has 2 rings (SSSR count). The Morgan fingerprint density at radius 3 is 2.50 bits per heavy atom. The van der Waals surface area contributed by atoms with Crippen molar-refractivity contribution < 1.29 is 17.9 Å². The lowest BCUT2D eigenvalue weighted by Crippen LogP contribution is -2.43. The zero-order chi connectivity index (χ0) is 16.3. The molecule has 0 bridgehead atoms. The topological polar surface area (TPSA) is 64.6 Å². The van der Waals surface area contributed by atoms with E-state index in [1.54, 1.807) is 12.1 Å². The number of hydrogen-bond acceptors (Lipinski definition) is 4. The fourth-order valence-electron chi connectivity index (χ4n) is 3.01. The highest BCUT2D eigenvalue weighted by molar-refractivity contribution is 7.89. The van der Waals surface area contributed by atoms with Gasteiger partial charge in [-0.05, 0) is 30.4 Å². The first-order chi connectivity index (χ1) is 10.4. The quantitative estimate of drug-likeness (QED) is 0.903. The van der Waals surface area contributed by atoms with Crippen LogP contribution in [0.25, 0.3) is 0 Å². The third kappa shape index (κ3) is 3.55. The summed E-state index contributed by atoms with van der Waals surface area (Å²) in [6.45, 7) is 4.29. The molecule has 1 N–H and O–H groups in total. The lowest BCUT2D eigenvalue weighted by molar-refractivity contribution is 0.226. The van der Waals surface area contributed by atoms with Crippen LogP contribution in [0.5, 0.6) is 11.5 Å². The molecule has 1 saturated carbocycles. The Bertz CT molecular complexity index is 615. The van der Waals surface area contributed by atoms with Gasteiger partial charge in [0.05, 0.1) is 14.2 Å². The Morgan fingerprint density at radius 2 is 1.86 bits per heavy atom. The molecular weight excluding hydrogens is 302 g/mol. The maximum atomic E-state index is 12.8. The van der Waals surface area contributed by atoms with Crippen LogP contribution in [0.3, 0.4) is 0 Å². The summed E-state index contributed by atoms with van der Waals surface area (Å²) in [5, 5.41) is 0. The van der Waals surface area contributed by atoms with E-state index in [0.717, 1.165) is 19.3 Å². The molecule has 124 valence electrons. The van der Waals surface area contributed by atoms with E-state index in [1.165, 1.54) is 20.3 Å². The minimum Gasteiger partial charge on any atom is -0.497 e. The summed E-state index contributed by atoms with van der Waals surface area (Å²) >= 11 is 0. The van der Waals surface area contributed by atoms with Gasteiger partial charge in [0.1, 0.15) is 16.4 Å². The van der Waals surface area contributed by atoms with Crippen LogP contribution in [0.1, 0.15) is 33.1 Å². The van der Waals surface area contributed by atoms with Crippen LogP contribution in [0, 0.1) is 11.8 Å². The second kappa shape index (κ2) is 6.87. The molecule has 0 unspecified atom stereocenters. The number of methoxy groups -OCH3 is 2. The van der Waals surface area contributed by atoms with Gasteiger partial charge in [0.2, 0.25) is 10.0 Å². The highest BCUT2D eigenvalue weighted by Gasteiger charge is 2.32. The van der Waals surface area contributed by atoms with Crippen LogP contribution in [-0.2, 0) is 10.0 Å². The molecule has 1 aliphatic rings. The van der Waals surface area contributed by atoms with Gasteiger partial charge in [-0.25, -0.2) is 13.1 Å². The van der Waals surface area contributed by atoms with E-state index in [-0.39, 0.29) is 10.9 Å². The van der Waals surface area contributed by atoms with Gasteiger partial charge in [-0.15, -0.1) is 0 Å². The summed E-state index contributed by atoms with van der Waals surface area (Å²) in [7, 11) is -0.672. The number of sulfonamides is 1. The molecule has 1 aromatic rings. The SMILES string of the molecule is COc1ccc(OC)c(S(=O)(=O)N[C@@H]2CCC[C@@H](C)[C@H]2C)c1. The van der Waals surface area contributed by atoms with Gasteiger partial charge in [-0.3, -0.25) is 0 Å². The van der Waals surface area contributed by atoms with Crippen molar-refractivity contribution in [1.82, 2.24) is 4.72 Å². The summed E-state index contributed by atoms with van der Waals surface area (Å²) in [6, 6.07) is 4.76. The van der Waals surface area contributed by atoms with Crippen molar-refractivity contribution >= 4 is 10.0 Å². The van der Waals surface area contributed by atoms with Crippen LogP contribution in [0.4, 0.5) is 0 Å². The van der Waals surface area contributed by atoms with Crippen LogP contribution in [0.2, 0.25) is 0 Å². The first-order valence-electron chi connectivity index (χ1n) is 7.63. The second-order valence-corrected chi connectivity index (χ2v) is 7.69. The summed E-state index contributed by atoms with van der Waals surface area (Å²) in [5.41, 5.74) is 0. The maximum Gasteiger partial charge on any atom is 0.244 e. The second-order valence-electron chi connectivity index (χ2n) is 6.01. The molecule has 0 heterocycles. The van der Waals surface area contributed by atoms with E-state index in [4.69, 9.17) is 9.47 Å². The smallest absolute Gasteiger partial charge is 0.244 e. The van der Waals surface area contributed by atoms with Gasteiger partial charge >= 0.3 is 0 Å². The van der Waals surface area contributed by atoms with E-state index in [2.05, 4.69) is 18.6 Å². The zero-order valence-corrected chi connectivity index (χ0v) is 14.4. The molecule has 0 radical (unpaired) electrons. The van der Waals surface area contributed by atoms with Gasteiger partial charge < -0.3 is 9.47 Å². The molecule has 1 fully saturated rings. The van der Waals surface area contributed by atoms with Crippen molar-refractivity contribution in [3.8, 4) is 11.5 Å². The summed E-state index contributed by atoms with van der Waals surface area (Å²) in [4.78, 5) is 0.125. The molecule has 3 atom stereocenters. The molecule has 22 heavy (non-hydrogen) atoms. The Labute approximate surface area is 133 Å². The number of rotatable bonds is 5. The van der Waals surface area contributed by atoms with E-state index in [1.807, 2.05) is 0 Å². The van der Waals surface area contributed by atoms with Gasteiger partial charge in [0.15, 0.2) is 0 Å². The average molecular weight is 327 g/mol. The highest BCUT2D eigenvalue weighted by atomic mass is 32.2. The first kappa shape index (κ1) is 17.1. The monoisotopic (exact) mass is 327 g/mol. The van der Waals surface area contributed by atoms with Crippen molar-refractivity contribution in [2.24, 2.45) is 11.8 Å². The summed E-state index contributed by atoms with van der Waals surface area (Å²) < 4.78 is 38.7. The third-order valence-corrected chi connectivity index (χ3v) is 6.18. The van der Waals surface area contributed by atoms with Gasteiger partial charge in [0.25, 0.3) is 0 Å². The largest absolute Gasteiger partial charge is 0.497 e. The Morgan fingerprint density at radius 1 is 1.14 bits per heavy atom. The standard InChI is InChI=1S/C16H25NO4S/c1-11-6-5-7-14(12(11)2)17-22(18,19)16-10-13(20-3)8-9-15(16)21-4/h8-12,14,17H,5-7H2,1-4H3/t11-,12-,14-/m1/s1. The van der Waals surface area contributed by atoms with E-state index in [9.17, 15) is 8.42 Å². The van der Waals surface area contributed by atoms with Gasteiger partial charge in [-0.1, -0.05) is 26.7 Å². The van der Waals surface area contributed by atoms with Crippen LogP contribution in [-0.4, -0.2) is 28.7 Å². The molecule has 1 aliphatic carbocycles.